The van der Waals surface area contributed by atoms with Crippen LogP contribution in [0.1, 0.15) is 0 Å². The normalized spacial score (nSPS) is 12.1. The van der Waals surface area contributed by atoms with Crippen molar-refractivity contribution in [2.45, 2.75) is 0 Å². The van der Waals surface area contributed by atoms with Gasteiger partial charge in [0.25, 0.3) is 0 Å². The van der Waals surface area contributed by atoms with Gasteiger partial charge in [-0.2, -0.15) is 0 Å². The van der Waals surface area contributed by atoms with Crippen molar-refractivity contribution in [2.24, 2.45) is 0 Å². The summed E-state index contributed by atoms with van der Waals surface area (Å²) in [7, 11) is 0. The van der Waals surface area contributed by atoms with E-state index in [1.165, 1.54) is 321 Å². The van der Waals surface area contributed by atoms with E-state index in [0.717, 1.165) is 0 Å². The van der Waals surface area contributed by atoms with Gasteiger partial charge < -0.3 is 0 Å². The zero-order valence-electron chi connectivity index (χ0n) is 80.1. The molecule has 0 spiro atoms. The van der Waals surface area contributed by atoms with Crippen LogP contribution in [0.25, 0.3) is 321 Å². The third-order valence-corrected chi connectivity index (χ3v) is 36.4. The lowest BCUT2D eigenvalue weighted by molar-refractivity contribution is 1.66. The Bertz CT molecular complexity index is 10700. The zero-order chi connectivity index (χ0) is 96.9. The first kappa shape index (κ1) is 84.6. The van der Waals surface area contributed by atoms with Gasteiger partial charge in [0.1, 0.15) is 0 Å². The van der Waals surface area contributed by atoms with Gasteiger partial charge in [0.05, 0.1) is 0 Å². The standard InChI is InChI=1S/2C72H42S2/c1-3-17-45-39-47(37-35-43(45)15-1)49-21-9-25-55-63(49)41-64-50(48-38-36-44-16-2-4-18-46(44)40-48)22-10-26-56(64)69(55)70-57-27-11-23-51(59-29-13-31-61-53-19-5-7-33-67(53)73-71(59)61)65(57)42-66-52(24-12-28-58(66)70)60-30-14-32-62-54-20-6-8-34-68(54)74-72(60)62;1-3-17-45-39-47(37-35-43(45)15-1)49-21-9-25-55-61(49)41-62-50(48-38-36-44-16-2-4-18-46(44)40-48)22-10-26-56(62)71(55)72-57-27-11-23-51(53-29-13-33-67-69(53)59-19-5-7-31-65(59)73-67)63(57)42-64-52(24-12-28-58(64)72)54-30-14-34-68-70(54)60-20-6-8-32-66(60)74-68/h2*1-42H. The largest absolute Gasteiger partial charge is 0.135 e. The summed E-state index contributed by atoms with van der Waals surface area (Å²) < 4.78 is 10.5. The highest BCUT2D eigenvalue weighted by molar-refractivity contribution is 7.27. The first-order valence-corrected chi connectivity index (χ1v) is 54.2. The molecule has 0 saturated carbocycles. The molecule has 684 valence electrons. The lowest BCUT2D eigenvalue weighted by Crippen LogP contribution is -1.94. The molecular weight excluding hydrogens is 1860 g/mol. The average molecular weight is 1940 g/mol. The van der Waals surface area contributed by atoms with Crippen LogP contribution in [0.5, 0.6) is 0 Å². The molecule has 0 nitrogen and oxygen atoms in total. The van der Waals surface area contributed by atoms with Crippen LogP contribution in [0.2, 0.25) is 0 Å². The van der Waals surface area contributed by atoms with E-state index in [1.807, 2.05) is 45.3 Å². The smallest absolute Gasteiger partial charge is 0.0434 e. The Labute approximate surface area is 868 Å². The number of rotatable bonds is 10. The van der Waals surface area contributed by atoms with E-state index in [-0.39, 0.29) is 0 Å². The van der Waals surface area contributed by atoms with Gasteiger partial charge >= 0.3 is 0 Å². The van der Waals surface area contributed by atoms with E-state index in [2.05, 4.69) is 510 Å². The van der Waals surface area contributed by atoms with Crippen LogP contribution in [-0.4, -0.2) is 0 Å². The molecule has 0 atom stereocenters. The second-order valence-electron chi connectivity index (χ2n) is 39.6. The summed E-state index contributed by atoms with van der Waals surface area (Å²) in [6.45, 7) is 0. The quantitative estimate of drug-likeness (QED) is 0.120. The Hall–Kier alpha value is -17.8. The van der Waals surface area contributed by atoms with Crippen molar-refractivity contribution < 1.29 is 0 Å². The number of hydrogen-bond donors (Lipinski definition) is 0. The van der Waals surface area contributed by atoms with E-state index in [9.17, 15) is 0 Å². The fourth-order valence-corrected chi connectivity index (χ4v) is 29.8. The van der Waals surface area contributed by atoms with E-state index < -0.39 is 0 Å². The summed E-state index contributed by atoms with van der Waals surface area (Å²) in [5.74, 6) is 0. The van der Waals surface area contributed by atoms with Crippen molar-refractivity contribution >= 4 is 255 Å². The van der Waals surface area contributed by atoms with Gasteiger partial charge in [-0.25, -0.2) is 0 Å². The maximum absolute atomic E-state index is 2.54. The number of benzene rings is 28. The van der Waals surface area contributed by atoms with E-state index >= 15 is 0 Å². The summed E-state index contributed by atoms with van der Waals surface area (Å²) in [5.41, 5.74) is 24.8. The minimum absolute atomic E-state index is 1.21. The highest BCUT2D eigenvalue weighted by Crippen LogP contribution is 2.57. The van der Waals surface area contributed by atoms with Crippen LogP contribution in [0.3, 0.4) is 0 Å². The van der Waals surface area contributed by atoms with Crippen LogP contribution in [-0.2, 0) is 0 Å². The molecule has 0 saturated heterocycles. The van der Waals surface area contributed by atoms with Gasteiger partial charge in [0.15, 0.2) is 0 Å². The lowest BCUT2D eigenvalue weighted by Gasteiger charge is -2.22. The third-order valence-electron chi connectivity index (χ3n) is 31.7. The predicted molar refractivity (Wildman–Crippen MR) is 649 cm³/mol. The molecular formula is C144H84S4. The summed E-state index contributed by atoms with van der Waals surface area (Å²) in [4.78, 5) is 0. The first-order chi connectivity index (χ1) is 73.4. The van der Waals surface area contributed by atoms with Gasteiger partial charge in [0, 0.05) is 91.8 Å². The van der Waals surface area contributed by atoms with E-state index in [1.54, 1.807) is 0 Å². The Balaban J connectivity index is 0.000000134. The zero-order valence-corrected chi connectivity index (χ0v) is 83.4. The summed E-state index contributed by atoms with van der Waals surface area (Å²) >= 11 is 7.58. The maximum Gasteiger partial charge on any atom is 0.0434 e. The maximum atomic E-state index is 2.54. The third kappa shape index (κ3) is 13.3. The van der Waals surface area contributed by atoms with Crippen molar-refractivity contribution in [3.05, 3.63) is 510 Å². The van der Waals surface area contributed by atoms with Gasteiger partial charge in [0.2, 0.25) is 0 Å². The van der Waals surface area contributed by atoms with E-state index in [4.69, 9.17) is 0 Å². The molecule has 4 heteroatoms. The average Bonchev–Trinajstić information content (AvgIpc) is 0.779. The van der Waals surface area contributed by atoms with Crippen LogP contribution in [0, 0.1) is 0 Å². The van der Waals surface area contributed by atoms with E-state index in [0.29, 0.717) is 0 Å². The second kappa shape index (κ2) is 33.9. The molecule has 0 amide bonds. The molecule has 4 aromatic heterocycles. The monoisotopic (exact) mass is 1940 g/mol. The topological polar surface area (TPSA) is 0 Å². The van der Waals surface area contributed by atoms with Crippen molar-refractivity contribution in [2.75, 3.05) is 0 Å². The molecule has 0 N–H and O–H groups in total. The van der Waals surface area contributed by atoms with Crippen molar-refractivity contribution in [1.82, 2.24) is 0 Å². The minimum Gasteiger partial charge on any atom is -0.135 e. The molecule has 32 aromatic rings. The van der Waals surface area contributed by atoms with Gasteiger partial charge in [-0.1, -0.05) is 425 Å². The second-order valence-corrected chi connectivity index (χ2v) is 43.8. The summed E-state index contributed by atoms with van der Waals surface area (Å²) in [5, 5.41) is 40.3. The van der Waals surface area contributed by atoms with Crippen molar-refractivity contribution in [1.29, 1.82) is 0 Å². The van der Waals surface area contributed by atoms with Crippen LogP contribution in [0.4, 0.5) is 0 Å². The van der Waals surface area contributed by atoms with Crippen molar-refractivity contribution in [3.63, 3.8) is 0 Å². The number of hydrogen-bond acceptors (Lipinski definition) is 4. The van der Waals surface area contributed by atoms with Crippen LogP contribution in [0.15, 0.2) is 510 Å². The molecule has 0 aliphatic rings. The van der Waals surface area contributed by atoms with Gasteiger partial charge in [-0.05, 0) is 314 Å². The van der Waals surface area contributed by atoms with Crippen LogP contribution >= 0.6 is 45.3 Å². The molecule has 148 heavy (non-hydrogen) atoms. The molecule has 0 unspecified atom stereocenters. The van der Waals surface area contributed by atoms with Gasteiger partial charge in [-0.15, -0.1) is 45.3 Å². The highest BCUT2D eigenvalue weighted by Gasteiger charge is 2.29. The molecule has 28 aromatic carbocycles. The molecule has 32 rings (SSSR count). The van der Waals surface area contributed by atoms with Crippen LogP contribution < -0.4 is 0 Å². The number of thiophene rings is 4. The lowest BCUT2D eigenvalue weighted by atomic mass is 9.81. The van der Waals surface area contributed by atoms with Gasteiger partial charge in [-0.3, -0.25) is 0 Å². The first-order valence-electron chi connectivity index (χ1n) is 50.9. The molecule has 0 aliphatic heterocycles. The Kier molecular flexibility index (Phi) is 19.4. The summed E-state index contributed by atoms with van der Waals surface area (Å²) in [6.07, 6.45) is 0. The fraction of sp³-hybridized carbons (Fsp3) is 0. The Morgan fingerprint density at radius 3 is 0.588 bits per heavy atom. The number of fused-ring (bicyclic) bond motifs is 24. The minimum atomic E-state index is 1.21. The highest BCUT2D eigenvalue weighted by atomic mass is 32.1. The Morgan fingerprint density at radius 1 is 0.101 bits per heavy atom. The molecule has 0 aliphatic carbocycles. The predicted octanol–water partition coefficient (Wildman–Crippen LogP) is 43.4. The SMILES string of the molecule is c1ccc2cc(-c3cccc4c(-c5c6cccc(-c7cccc8c7sc7ccccc78)c6cc6c(-c7cccc8c7sc7ccccc78)cccc56)c5cccc(-c6ccc7ccccc7c6)c5cc34)ccc2c1.c1ccc2cc(-c3cccc4c(-c5c6cccc(-c7cccc8sc9ccccc9c78)c6cc6c(-c7cccc8sc9ccccc9c78)cccc56)c5cccc(-c6ccc7ccccc7c6)c5cc34)ccc2c1. The Morgan fingerprint density at radius 2 is 0.297 bits per heavy atom. The summed E-state index contributed by atoms with van der Waals surface area (Å²) in [6, 6.07) is 192. The molecule has 0 bridgehead atoms. The van der Waals surface area contributed by atoms with Crippen molar-refractivity contribution in [3.8, 4) is 111 Å². The molecule has 4 heterocycles. The molecule has 0 radical (unpaired) electrons. The fourth-order valence-electron chi connectivity index (χ4n) is 25.0. The molecule has 0 fully saturated rings.